The van der Waals surface area contributed by atoms with Gasteiger partial charge in [0.2, 0.25) is 0 Å². The average Bonchev–Trinajstić information content (AvgIpc) is 2.50. The van der Waals surface area contributed by atoms with Crippen LogP contribution in [0.25, 0.3) is 0 Å². The van der Waals surface area contributed by atoms with Crippen molar-refractivity contribution in [3.8, 4) is 0 Å². The van der Waals surface area contributed by atoms with Gasteiger partial charge in [0.25, 0.3) is 0 Å². The molecule has 20 heavy (non-hydrogen) atoms. The summed E-state index contributed by atoms with van der Waals surface area (Å²) in [5.74, 6) is -0.723. The van der Waals surface area contributed by atoms with Gasteiger partial charge in [0.05, 0.1) is 18.6 Å². The number of benzene rings is 1. The molecule has 4 nitrogen and oxygen atoms in total. The van der Waals surface area contributed by atoms with Gasteiger partial charge in [0.15, 0.2) is 0 Å². The molecule has 2 rings (SSSR count). The number of aliphatic carboxylic acids is 1. The molecule has 0 spiro atoms. The van der Waals surface area contributed by atoms with Crippen LogP contribution in [0.3, 0.4) is 0 Å². The lowest BCUT2D eigenvalue weighted by Gasteiger charge is -2.33. The first-order valence-corrected chi connectivity index (χ1v) is 7.28. The van der Waals surface area contributed by atoms with Crippen molar-refractivity contribution in [2.24, 2.45) is 0 Å². The van der Waals surface area contributed by atoms with Crippen LogP contribution in [-0.2, 0) is 14.9 Å². The Morgan fingerprint density at radius 2 is 1.95 bits per heavy atom. The summed E-state index contributed by atoms with van der Waals surface area (Å²) in [4.78, 5) is 14.2. The number of hydrogen-bond acceptors (Lipinski definition) is 3. The first-order valence-electron chi connectivity index (χ1n) is 7.28. The lowest BCUT2D eigenvalue weighted by atomic mass is 9.75. The standard InChI is InChI=1S/C16H23NO3/c1-2-16(15(18)19,14-6-4-3-5-7-14)8-9-17-10-12-20-13-11-17/h3-7H,2,8-13H2,1H3,(H,18,19). The molecule has 1 saturated heterocycles. The molecule has 0 aromatic heterocycles. The fourth-order valence-corrected chi connectivity index (χ4v) is 2.84. The molecule has 1 aliphatic heterocycles. The van der Waals surface area contributed by atoms with Crippen LogP contribution < -0.4 is 0 Å². The Morgan fingerprint density at radius 1 is 1.30 bits per heavy atom. The van der Waals surface area contributed by atoms with Crippen molar-refractivity contribution in [1.82, 2.24) is 4.90 Å². The Bertz CT molecular complexity index is 429. The maximum absolute atomic E-state index is 11.9. The van der Waals surface area contributed by atoms with Gasteiger partial charge in [-0.25, -0.2) is 0 Å². The van der Waals surface area contributed by atoms with E-state index < -0.39 is 11.4 Å². The van der Waals surface area contributed by atoms with Crippen molar-refractivity contribution in [3.05, 3.63) is 35.9 Å². The molecule has 4 heteroatoms. The zero-order valence-electron chi connectivity index (χ0n) is 12.0. The van der Waals surface area contributed by atoms with Crippen molar-refractivity contribution in [2.45, 2.75) is 25.2 Å². The molecule has 1 unspecified atom stereocenters. The Morgan fingerprint density at radius 3 is 2.50 bits per heavy atom. The minimum atomic E-state index is -0.778. The molecule has 0 radical (unpaired) electrons. The molecule has 1 aromatic rings. The molecular weight excluding hydrogens is 254 g/mol. The molecule has 0 bridgehead atoms. The van der Waals surface area contributed by atoms with E-state index in [1.54, 1.807) is 0 Å². The molecule has 0 aliphatic carbocycles. The normalized spacial score (nSPS) is 19.4. The Balaban J connectivity index is 2.12. The van der Waals surface area contributed by atoms with Gasteiger partial charge in [-0.3, -0.25) is 9.69 Å². The maximum atomic E-state index is 11.9. The highest BCUT2D eigenvalue weighted by Gasteiger charge is 2.38. The van der Waals surface area contributed by atoms with Crippen LogP contribution in [0.15, 0.2) is 30.3 Å². The van der Waals surface area contributed by atoms with E-state index in [0.717, 1.165) is 38.4 Å². The second kappa shape index (κ2) is 6.86. The summed E-state index contributed by atoms with van der Waals surface area (Å²) in [6.45, 7) is 6.05. The van der Waals surface area contributed by atoms with E-state index >= 15 is 0 Å². The Kier molecular flexibility index (Phi) is 5.15. The fraction of sp³-hybridized carbons (Fsp3) is 0.562. The summed E-state index contributed by atoms with van der Waals surface area (Å²) in [5.41, 5.74) is 0.128. The maximum Gasteiger partial charge on any atom is 0.314 e. The van der Waals surface area contributed by atoms with E-state index in [-0.39, 0.29) is 0 Å². The van der Waals surface area contributed by atoms with Crippen molar-refractivity contribution < 1.29 is 14.6 Å². The molecular formula is C16H23NO3. The first-order chi connectivity index (χ1) is 9.69. The summed E-state index contributed by atoms with van der Waals surface area (Å²) in [6, 6.07) is 9.61. The van der Waals surface area contributed by atoms with Gasteiger partial charge < -0.3 is 9.84 Å². The van der Waals surface area contributed by atoms with Crippen molar-refractivity contribution in [1.29, 1.82) is 0 Å². The van der Waals surface area contributed by atoms with Crippen molar-refractivity contribution in [3.63, 3.8) is 0 Å². The smallest absolute Gasteiger partial charge is 0.314 e. The topological polar surface area (TPSA) is 49.8 Å². The monoisotopic (exact) mass is 277 g/mol. The zero-order chi connectivity index (χ0) is 14.4. The second-order valence-corrected chi connectivity index (χ2v) is 5.31. The number of hydrogen-bond donors (Lipinski definition) is 1. The lowest BCUT2D eigenvalue weighted by molar-refractivity contribution is -0.144. The summed E-state index contributed by atoms with van der Waals surface area (Å²) < 4.78 is 5.33. The third-order valence-electron chi connectivity index (χ3n) is 4.30. The number of carbonyl (C=O) groups is 1. The van der Waals surface area contributed by atoms with Gasteiger partial charge in [-0.1, -0.05) is 37.3 Å². The van der Waals surface area contributed by atoms with E-state index in [2.05, 4.69) is 4.90 Å². The van der Waals surface area contributed by atoms with E-state index in [9.17, 15) is 9.90 Å². The van der Waals surface area contributed by atoms with Gasteiger partial charge in [0.1, 0.15) is 0 Å². The molecule has 1 N–H and O–H groups in total. The van der Waals surface area contributed by atoms with E-state index in [1.165, 1.54) is 0 Å². The van der Waals surface area contributed by atoms with Crippen LogP contribution in [0.5, 0.6) is 0 Å². The predicted octanol–water partition coefficient (Wildman–Crippen LogP) is 2.14. The SMILES string of the molecule is CCC(CCN1CCOCC1)(C(=O)O)c1ccccc1. The van der Waals surface area contributed by atoms with Gasteiger partial charge in [-0.2, -0.15) is 0 Å². The summed E-state index contributed by atoms with van der Waals surface area (Å²) in [5, 5.41) is 9.76. The number of carboxylic acid groups (broad SMARTS) is 1. The van der Waals surface area contributed by atoms with Gasteiger partial charge in [-0.15, -0.1) is 0 Å². The average molecular weight is 277 g/mol. The molecule has 110 valence electrons. The Labute approximate surface area is 120 Å². The second-order valence-electron chi connectivity index (χ2n) is 5.31. The minimum Gasteiger partial charge on any atom is -0.481 e. The van der Waals surface area contributed by atoms with Gasteiger partial charge in [0, 0.05) is 13.1 Å². The molecule has 0 saturated carbocycles. The molecule has 1 heterocycles. The fourth-order valence-electron chi connectivity index (χ4n) is 2.84. The minimum absolute atomic E-state index is 0.608. The van der Waals surface area contributed by atoms with Crippen LogP contribution in [-0.4, -0.2) is 48.8 Å². The van der Waals surface area contributed by atoms with E-state index in [0.29, 0.717) is 12.8 Å². The Hall–Kier alpha value is -1.39. The summed E-state index contributed by atoms with van der Waals surface area (Å²) >= 11 is 0. The van der Waals surface area contributed by atoms with Gasteiger partial charge in [-0.05, 0) is 24.9 Å². The largest absolute Gasteiger partial charge is 0.481 e. The van der Waals surface area contributed by atoms with E-state index in [1.807, 2.05) is 37.3 Å². The number of carboxylic acids is 1. The highest BCUT2D eigenvalue weighted by molar-refractivity contribution is 5.81. The van der Waals surface area contributed by atoms with Crippen LogP contribution in [0.2, 0.25) is 0 Å². The highest BCUT2D eigenvalue weighted by atomic mass is 16.5. The summed E-state index contributed by atoms with van der Waals surface area (Å²) in [7, 11) is 0. The number of rotatable bonds is 6. The highest BCUT2D eigenvalue weighted by Crippen LogP contribution is 2.32. The van der Waals surface area contributed by atoms with Crippen LogP contribution >= 0.6 is 0 Å². The van der Waals surface area contributed by atoms with Crippen LogP contribution in [0, 0.1) is 0 Å². The van der Waals surface area contributed by atoms with Crippen molar-refractivity contribution in [2.75, 3.05) is 32.8 Å². The number of ether oxygens (including phenoxy) is 1. The molecule has 1 atom stereocenters. The number of nitrogens with zero attached hydrogens (tertiary/aromatic N) is 1. The molecule has 1 aliphatic rings. The van der Waals surface area contributed by atoms with Crippen molar-refractivity contribution >= 4 is 5.97 Å². The third kappa shape index (κ3) is 3.19. The van der Waals surface area contributed by atoms with Crippen LogP contribution in [0.1, 0.15) is 25.3 Å². The lowest BCUT2D eigenvalue weighted by Crippen LogP contribution is -2.42. The molecule has 0 amide bonds. The predicted molar refractivity (Wildman–Crippen MR) is 77.9 cm³/mol. The van der Waals surface area contributed by atoms with Crippen LogP contribution in [0.4, 0.5) is 0 Å². The number of morpholine rings is 1. The van der Waals surface area contributed by atoms with Gasteiger partial charge >= 0.3 is 5.97 Å². The third-order valence-corrected chi connectivity index (χ3v) is 4.30. The first kappa shape index (κ1) is 15.0. The molecule has 1 aromatic carbocycles. The zero-order valence-corrected chi connectivity index (χ0v) is 12.0. The quantitative estimate of drug-likeness (QED) is 0.865. The molecule has 1 fully saturated rings. The van der Waals surface area contributed by atoms with E-state index in [4.69, 9.17) is 4.74 Å². The summed E-state index contributed by atoms with van der Waals surface area (Å²) in [6.07, 6.45) is 1.25.